The van der Waals surface area contributed by atoms with Crippen molar-refractivity contribution in [2.24, 2.45) is 13.0 Å². The molecule has 3 N–H and O–H groups in total. The zero-order valence-electron chi connectivity index (χ0n) is 21.5. The van der Waals surface area contributed by atoms with E-state index in [9.17, 15) is 5.11 Å². The molecule has 4 heterocycles. The first-order valence-electron chi connectivity index (χ1n) is 12.6. The van der Waals surface area contributed by atoms with Crippen LogP contribution in [-0.2, 0) is 23.1 Å². The minimum absolute atomic E-state index is 0.0157. The first kappa shape index (κ1) is 24.3. The summed E-state index contributed by atoms with van der Waals surface area (Å²) in [4.78, 5) is 14.7. The summed E-state index contributed by atoms with van der Waals surface area (Å²) in [5, 5.41) is 17.9. The Hall–Kier alpha value is -3.05. The van der Waals surface area contributed by atoms with E-state index in [1.165, 1.54) is 0 Å². The van der Waals surface area contributed by atoms with Crippen molar-refractivity contribution in [3.63, 3.8) is 0 Å². The molecule has 3 aromatic heterocycles. The molecule has 0 amide bonds. The molecule has 9 nitrogen and oxygen atoms in total. The maximum Gasteiger partial charge on any atom is 0.225 e. The Morgan fingerprint density at radius 2 is 2.00 bits per heavy atom. The molecule has 10 heteroatoms. The minimum Gasteiger partial charge on any atom is -0.396 e. The number of rotatable bonds is 7. The number of ether oxygens (including phenoxy) is 2. The van der Waals surface area contributed by atoms with E-state index in [1.54, 1.807) is 11.3 Å². The van der Waals surface area contributed by atoms with Crippen molar-refractivity contribution in [2.75, 3.05) is 17.2 Å². The Kier molecular flexibility index (Phi) is 5.95. The Bertz CT molecular complexity index is 1420. The number of fused-ring (bicyclic) bond motifs is 2. The SMILES string of the molecule is Cc1nc(NCc2cccn2C)nc(NC23CCC(CO)C2OC(C)(C)O3)c1-c1nc2ccccc2s1. The molecule has 3 atom stereocenters. The van der Waals surface area contributed by atoms with Crippen molar-refractivity contribution in [1.29, 1.82) is 0 Å². The molecule has 1 aliphatic carbocycles. The van der Waals surface area contributed by atoms with Gasteiger partial charge in [0.25, 0.3) is 0 Å². The van der Waals surface area contributed by atoms with Gasteiger partial charge in [0.15, 0.2) is 11.5 Å². The van der Waals surface area contributed by atoms with Gasteiger partial charge < -0.3 is 29.8 Å². The molecule has 3 unspecified atom stereocenters. The number of nitrogens with one attached hydrogen (secondary N) is 2. The van der Waals surface area contributed by atoms with Gasteiger partial charge in [-0.05, 0) is 57.9 Å². The number of thiazole rings is 1. The van der Waals surface area contributed by atoms with Crippen LogP contribution < -0.4 is 10.6 Å². The molecule has 2 fully saturated rings. The van der Waals surface area contributed by atoms with E-state index in [0.29, 0.717) is 24.7 Å². The molecule has 0 spiro atoms. The van der Waals surface area contributed by atoms with E-state index in [-0.39, 0.29) is 18.6 Å². The average Bonchev–Trinajstić information content (AvgIpc) is 3.58. The second-order valence-corrected chi connectivity index (χ2v) is 11.4. The fourth-order valence-electron chi connectivity index (χ4n) is 5.52. The van der Waals surface area contributed by atoms with Crippen LogP contribution in [0.25, 0.3) is 20.8 Å². The van der Waals surface area contributed by atoms with Crippen LogP contribution in [-0.4, -0.2) is 48.8 Å². The van der Waals surface area contributed by atoms with Gasteiger partial charge in [0.1, 0.15) is 16.9 Å². The number of hydrogen-bond donors (Lipinski definition) is 3. The summed E-state index contributed by atoms with van der Waals surface area (Å²) in [5.41, 5.74) is 2.92. The van der Waals surface area contributed by atoms with E-state index in [1.807, 2.05) is 58.3 Å². The largest absolute Gasteiger partial charge is 0.396 e. The fourth-order valence-corrected chi connectivity index (χ4v) is 6.58. The summed E-state index contributed by atoms with van der Waals surface area (Å²) in [6, 6.07) is 12.2. The summed E-state index contributed by atoms with van der Waals surface area (Å²) in [6.45, 7) is 6.45. The number of aliphatic hydroxyl groups excluding tert-OH is 1. The summed E-state index contributed by atoms with van der Waals surface area (Å²) < 4.78 is 16.0. The number of benzene rings is 1. The summed E-state index contributed by atoms with van der Waals surface area (Å²) >= 11 is 1.62. The highest BCUT2D eigenvalue weighted by atomic mass is 32.1. The summed E-state index contributed by atoms with van der Waals surface area (Å²) in [7, 11) is 2.02. The molecule has 6 rings (SSSR count). The van der Waals surface area contributed by atoms with Gasteiger partial charge >= 0.3 is 0 Å². The van der Waals surface area contributed by atoms with E-state index >= 15 is 0 Å². The summed E-state index contributed by atoms with van der Waals surface area (Å²) in [5.74, 6) is 0.370. The maximum atomic E-state index is 10.0. The van der Waals surface area contributed by atoms with Crippen LogP contribution in [0.3, 0.4) is 0 Å². The molecule has 1 saturated carbocycles. The highest BCUT2D eigenvalue weighted by molar-refractivity contribution is 7.21. The lowest BCUT2D eigenvalue weighted by atomic mass is 10.0. The lowest BCUT2D eigenvalue weighted by Crippen LogP contribution is -2.46. The second-order valence-electron chi connectivity index (χ2n) is 10.3. The van der Waals surface area contributed by atoms with Crippen molar-refractivity contribution < 1.29 is 14.6 Å². The standard InChI is InChI=1S/C27H32N6O3S/c1-16-21(24-30-19-9-5-6-10-20(19)37-24)23(31-25(29-16)28-14-18-8-7-13-33(18)4)32-27-12-11-17(15-34)22(27)35-26(2,3)36-27/h5-10,13,17,22,34H,11-12,14-15H2,1-4H3,(H2,28,29,31,32). The van der Waals surface area contributed by atoms with Gasteiger partial charge in [-0.2, -0.15) is 4.98 Å². The van der Waals surface area contributed by atoms with E-state index in [0.717, 1.165) is 38.6 Å². The monoisotopic (exact) mass is 520 g/mol. The van der Waals surface area contributed by atoms with Gasteiger partial charge in [0.2, 0.25) is 5.95 Å². The van der Waals surface area contributed by atoms with Crippen LogP contribution in [0.15, 0.2) is 42.6 Å². The molecule has 0 bridgehead atoms. The molecule has 4 aromatic rings. The van der Waals surface area contributed by atoms with E-state index in [2.05, 4.69) is 27.3 Å². The number of para-hydroxylation sites is 1. The predicted octanol–water partition coefficient (Wildman–Crippen LogP) is 4.67. The fraction of sp³-hybridized carbons (Fsp3) is 0.444. The summed E-state index contributed by atoms with van der Waals surface area (Å²) in [6.07, 6.45) is 3.21. The number of aryl methyl sites for hydroxylation is 2. The second kappa shape index (κ2) is 9.05. The van der Waals surface area contributed by atoms with Crippen molar-refractivity contribution in [2.45, 2.75) is 57.8 Å². The van der Waals surface area contributed by atoms with Crippen LogP contribution in [0.5, 0.6) is 0 Å². The molecule has 1 saturated heterocycles. The zero-order chi connectivity index (χ0) is 25.8. The molecule has 2 aliphatic rings. The topological polar surface area (TPSA) is 106 Å². The maximum absolute atomic E-state index is 10.0. The van der Waals surface area contributed by atoms with Crippen LogP contribution in [0.2, 0.25) is 0 Å². The molecule has 37 heavy (non-hydrogen) atoms. The Balaban J connectivity index is 1.43. The Morgan fingerprint density at radius 1 is 1.16 bits per heavy atom. The van der Waals surface area contributed by atoms with Gasteiger partial charge in [-0.1, -0.05) is 12.1 Å². The van der Waals surface area contributed by atoms with Gasteiger partial charge in [-0.15, -0.1) is 11.3 Å². The van der Waals surface area contributed by atoms with Crippen molar-refractivity contribution in [1.82, 2.24) is 19.5 Å². The van der Waals surface area contributed by atoms with Crippen LogP contribution in [0.4, 0.5) is 11.8 Å². The third kappa shape index (κ3) is 4.37. The van der Waals surface area contributed by atoms with Gasteiger partial charge in [-0.3, -0.25) is 0 Å². The highest BCUT2D eigenvalue weighted by Gasteiger charge is 2.60. The quantitative estimate of drug-likeness (QED) is 0.323. The number of nitrogens with zero attached hydrogens (tertiary/aromatic N) is 4. The van der Waals surface area contributed by atoms with Crippen LogP contribution >= 0.6 is 11.3 Å². The van der Waals surface area contributed by atoms with Crippen LogP contribution in [0, 0.1) is 12.8 Å². The highest BCUT2D eigenvalue weighted by Crippen LogP contribution is 2.50. The molecule has 1 aliphatic heterocycles. The molecular weight excluding hydrogens is 488 g/mol. The zero-order valence-corrected chi connectivity index (χ0v) is 22.3. The predicted molar refractivity (Wildman–Crippen MR) is 144 cm³/mol. The lowest BCUT2D eigenvalue weighted by molar-refractivity contribution is -0.168. The number of hydrogen-bond acceptors (Lipinski definition) is 9. The Morgan fingerprint density at radius 3 is 2.76 bits per heavy atom. The molecular formula is C27H32N6O3S. The lowest BCUT2D eigenvalue weighted by Gasteiger charge is -2.31. The third-order valence-electron chi connectivity index (χ3n) is 7.25. The third-order valence-corrected chi connectivity index (χ3v) is 8.31. The van der Waals surface area contributed by atoms with Crippen LogP contribution in [0.1, 0.15) is 38.1 Å². The van der Waals surface area contributed by atoms with E-state index < -0.39 is 11.5 Å². The minimum atomic E-state index is -0.807. The van der Waals surface area contributed by atoms with Gasteiger partial charge in [0, 0.05) is 31.5 Å². The first-order valence-corrected chi connectivity index (χ1v) is 13.4. The number of aliphatic hydroxyl groups is 1. The number of aromatic nitrogens is 4. The van der Waals surface area contributed by atoms with Gasteiger partial charge in [0.05, 0.1) is 28.0 Å². The first-order chi connectivity index (χ1) is 17.8. The smallest absolute Gasteiger partial charge is 0.225 e. The Labute approximate surface area is 219 Å². The van der Waals surface area contributed by atoms with E-state index in [4.69, 9.17) is 24.4 Å². The normalized spacial score (nSPS) is 24.5. The number of anilines is 2. The van der Waals surface area contributed by atoms with Gasteiger partial charge in [-0.25, -0.2) is 9.97 Å². The molecule has 0 radical (unpaired) electrons. The average molecular weight is 521 g/mol. The van der Waals surface area contributed by atoms with Crippen molar-refractivity contribution in [3.8, 4) is 10.6 Å². The van der Waals surface area contributed by atoms with Crippen molar-refractivity contribution in [3.05, 3.63) is 54.0 Å². The van der Waals surface area contributed by atoms with Crippen molar-refractivity contribution >= 4 is 33.3 Å². The molecule has 1 aromatic carbocycles. The molecule has 194 valence electrons.